The summed E-state index contributed by atoms with van der Waals surface area (Å²) in [5.74, 6) is -2.00. The van der Waals surface area contributed by atoms with Crippen molar-refractivity contribution in [3.05, 3.63) is 64.7 Å². The first-order valence-corrected chi connectivity index (χ1v) is 5.94. The van der Waals surface area contributed by atoms with Crippen LogP contribution in [0.4, 0.5) is 14.5 Å². The van der Waals surface area contributed by atoms with Gasteiger partial charge in [0.15, 0.2) is 0 Å². The Morgan fingerprint density at radius 2 is 1.95 bits per heavy atom. The number of ether oxygens (including phenoxy) is 1. The summed E-state index contributed by atoms with van der Waals surface area (Å²) in [6.07, 6.45) is 0. The molecule has 5 heteroatoms. The zero-order valence-electron chi connectivity index (χ0n) is 10.8. The fourth-order valence-corrected chi connectivity index (χ4v) is 1.67. The van der Waals surface area contributed by atoms with Crippen LogP contribution in [-0.4, -0.2) is 5.97 Å². The molecule has 0 aliphatic carbocycles. The standard InChI is InChI=1S/C15H13F2NO2/c1-9-6-10(3-5-14(9)18)15(19)20-8-11-2-4-12(16)7-13(11)17/h2-7H,8,18H2,1H3. The minimum absolute atomic E-state index is 0.118. The second kappa shape index (κ2) is 5.69. The molecular weight excluding hydrogens is 264 g/mol. The maximum Gasteiger partial charge on any atom is 0.338 e. The number of hydrogen-bond acceptors (Lipinski definition) is 3. The van der Waals surface area contributed by atoms with Crippen LogP contribution >= 0.6 is 0 Å². The van der Waals surface area contributed by atoms with E-state index in [0.717, 1.165) is 17.7 Å². The summed E-state index contributed by atoms with van der Waals surface area (Å²) in [6, 6.07) is 7.83. The molecule has 2 aromatic carbocycles. The molecule has 104 valence electrons. The summed E-state index contributed by atoms with van der Waals surface area (Å²) in [6.45, 7) is 1.51. The van der Waals surface area contributed by atoms with Crippen LogP contribution < -0.4 is 5.73 Å². The maximum absolute atomic E-state index is 13.4. The molecule has 0 saturated carbocycles. The first-order valence-electron chi connectivity index (χ1n) is 5.94. The zero-order valence-corrected chi connectivity index (χ0v) is 10.8. The normalized spacial score (nSPS) is 10.3. The first-order chi connectivity index (χ1) is 9.47. The average Bonchev–Trinajstić information content (AvgIpc) is 2.40. The van der Waals surface area contributed by atoms with Crippen molar-refractivity contribution < 1.29 is 18.3 Å². The quantitative estimate of drug-likeness (QED) is 0.692. The highest BCUT2D eigenvalue weighted by Gasteiger charge is 2.11. The van der Waals surface area contributed by atoms with E-state index in [1.807, 2.05) is 0 Å². The molecule has 2 rings (SSSR count). The Kier molecular flexibility index (Phi) is 3.98. The van der Waals surface area contributed by atoms with Gasteiger partial charge in [-0.2, -0.15) is 0 Å². The average molecular weight is 277 g/mol. The maximum atomic E-state index is 13.4. The minimum atomic E-state index is -0.744. The number of anilines is 1. The van der Waals surface area contributed by atoms with Crippen LogP contribution in [0.25, 0.3) is 0 Å². The molecule has 3 nitrogen and oxygen atoms in total. The summed E-state index contributed by atoms with van der Waals surface area (Å²) < 4.78 is 31.1. The van der Waals surface area contributed by atoms with Gasteiger partial charge in [0, 0.05) is 17.3 Å². The molecule has 0 fully saturated rings. The van der Waals surface area contributed by atoms with E-state index >= 15 is 0 Å². The third kappa shape index (κ3) is 3.12. The third-order valence-corrected chi connectivity index (χ3v) is 2.88. The minimum Gasteiger partial charge on any atom is -0.457 e. The molecular formula is C15H13F2NO2. The van der Waals surface area contributed by atoms with Gasteiger partial charge in [0.1, 0.15) is 18.2 Å². The molecule has 0 spiro atoms. The molecule has 0 bridgehead atoms. The Labute approximate surface area is 115 Å². The van der Waals surface area contributed by atoms with Crippen molar-refractivity contribution >= 4 is 11.7 Å². The van der Waals surface area contributed by atoms with Gasteiger partial charge in [-0.25, -0.2) is 13.6 Å². The fourth-order valence-electron chi connectivity index (χ4n) is 1.67. The smallest absolute Gasteiger partial charge is 0.338 e. The number of hydrogen-bond donors (Lipinski definition) is 1. The number of carbonyl (C=O) groups is 1. The van der Waals surface area contributed by atoms with E-state index in [4.69, 9.17) is 10.5 Å². The van der Waals surface area contributed by atoms with Crippen molar-refractivity contribution in [2.75, 3.05) is 5.73 Å². The molecule has 0 aliphatic heterocycles. The summed E-state index contributed by atoms with van der Waals surface area (Å²) in [5.41, 5.74) is 7.43. The lowest BCUT2D eigenvalue weighted by Crippen LogP contribution is -2.07. The Bertz CT molecular complexity index is 656. The molecule has 0 saturated heterocycles. The SMILES string of the molecule is Cc1cc(C(=O)OCc2ccc(F)cc2F)ccc1N. The predicted molar refractivity (Wildman–Crippen MR) is 71.1 cm³/mol. The topological polar surface area (TPSA) is 52.3 Å². The number of nitrogens with two attached hydrogens (primary N) is 1. The predicted octanol–water partition coefficient (Wildman–Crippen LogP) is 3.21. The monoisotopic (exact) mass is 277 g/mol. The highest BCUT2D eigenvalue weighted by molar-refractivity contribution is 5.90. The number of nitrogen functional groups attached to an aromatic ring is 1. The van der Waals surface area contributed by atoms with E-state index in [9.17, 15) is 13.6 Å². The summed E-state index contributed by atoms with van der Waals surface area (Å²) in [4.78, 5) is 11.8. The molecule has 0 unspecified atom stereocenters. The van der Waals surface area contributed by atoms with Crippen molar-refractivity contribution in [2.24, 2.45) is 0 Å². The highest BCUT2D eigenvalue weighted by Crippen LogP contribution is 2.15. The second-order valence-corrected chi connectivity index (χ2v) is 4.38. The molecule has 0 atom stereocenters. The van der Waals surface area contributed by atoms with E-state index in [2.05, 4.69) is 0 Å². The third-order valence-electron chi connectivity index (χ3n) is 2.88. The van der Waals surface area contributed by atoms with Gasteiger partial charge in [-0.15, -0.1) is 0 Å². The van der Waals surface area contributed by atoms with Crippen LogP contribution in [0.1, 0.15) is 21.5 Å². The summed E-state index contributed by atoms with van der Waals surface area (Å²) in [5, 5.41) is 0. The Hall–Kier alpha value is -2.43. The zero-order chi connectivity index (χ0) is 14.7. The molecule has 0 amide bonds. The van der Waals surface area contributed by atoms with Crippen LogP contribution in [0, 0.1) is 18.6 Å². The molecule has 2 N–H and O–H groups in total. The van der Waals surface area contributed by atoms with E-state index < -0.39 is 17.6 Å². The number of rotatable bonds is 3. The van der Waals surface area contributed by atoms with Crippen LogP contribution in [0.3, 0.4) is 0 Å². The summed E-state index contributed by atoms with van der Waals surface area (Å²) in [7, 11) is 0. The summed E-state index contributed by atoms with van der Waals surface area (Å²) >= 11 is 0. The molecule has 0 aliphatic rings. The van der Waals surface area contributed by atoms with E-state index in [-0.39, 0.29) is 12.2 Å². The van der Waals surface area contributed by atoms with Gasteiger partial charge in [0.2, 0.25) is 0 Å². The van der Waals surface area contributed by atoms with Crippen LogP contribution in [0.5, 0.6) is 0 Å². The van der Waals surface area contributed by atoms with Gasteiger partial charge in [-0.3, -0.25) is 0 Å². The molecule has 0 aromatic heterocycles. The number of esters is 1. The van der Waals surface area contributed by atoms with E-state index in [1.165, 1.54) is 12.1 Å². The molecule has 0 heterocycles. The van der Waals surface area contributed by atoms with Crippen LogP contribution in [0.15, 0.2) is 36.4 Å². The van der Waals surface area contributed by atoms with Crippen molar-refractivity contribution in [2.45, 2.75) is 13.5 Å². The van der Waals surface area contributed by atoms with Gasteiger partial charge < -0.3 is 10.5 Å². The number of halogens is 2. The van der Waals surface area contributed by atoms with Crippen molar-refractivity contribution in [1.82, 2.24) is 0 Å². The second-order valence-electron chi connectivity index (χ2n) is 4.38. The van der Waals surface area contributed by atoms with E-state index in [0.29, 0.717) is 11.3 Å². The fraction of sp³-hybridized carbons (Fsp3) is 0.133. The lowest BCUT2D eigenvalue weighted by atomic mass is 10.1. The molecule has 0 radical (unpaired) electrons. The van der Waals surface area contributed by atoms with Gasteiger partial charge >= 0.3 is 5.97 Å². The number of carbonyl (C=O) groups excluding carboxylic acids is 1. The van der Waals surface area contributed by atoms with E-state index in [1.54, 1.807) is 19.1 Å². The van der Waals surface area contributed by atoms with Gasteiger partial charge in [-0.05, 0) is 42.8 Å². The van der Waals surface area contributed by atoms with Gasteiger partial charge in [-0.1, -0.05) is 0 Å². The Morgan fingerprint density at radius 3 is 2.60 bits per heavy atom. The Morgan fingerprint density at radius 1 is 1.20 bits per heavy atom. The van der Waals surface area contributed by atoms with Crippen molar-refractivity contribution in [1.29, 1.82) is 0 Å². The van der Waals surface area contributed by atoms with Gasteiger partial charge in [0.25, 0.3) is 0 Å². The molecule has 20 heavy (non-hydrogen) atoms. The largest absolute Gasteiger partial charge is 0.457 e. The van der Waals surface area contributed by atoms with Crippen molar-refractivity contribution in [3.8, 4) is 0 Å². The molecule has 2 aromatic rings. The lowest BCUT2D eigenvalue weighted by Gasteiger charge is -2.07. The van der Waals surface area contributed by atoms with Crippen molar-refractivity contribution in [3.63, 3.8) is 0 Å². The number of aryl methyl sites for hydroxylation is 1. The van der Waals surface area contributed by atoms with Crippen LogP contribution in [0.2, 0.25) is 0 Å². The van der Waals surface area contributed by atoms with Crippen LogP contribution in [-0.2, 0) is 11.3 Å². The highest BCUT2D eigenvalue weighted by atomic mass is 19.1. The van der Waals surface area contributed by atoms with Gasteiger partial charge in [0.05, 0.1) is 5.56 Å². The number of benzene rings is 2. The lowest BCUT2D eigenvalue weighted by molar-refractivity contribution is 0.0469. The Balaban J connectivity index is 2.06. The first kappa shape index (κ1) is 14.0.